The number of hydrogen-bond acceptors (Lipinski definition) is 9. The Balaban J connectivity index is 2.18. The van der Waals surface area contributed by atoms with Crippen molar-refractivity contribution in [1.82, 2.24) is 0 Å². The van der Waals surface area contributed by atoms with Crippen molar-refractivity contribution >= 4 is 5.97 Å². The molecule has 9 nitrogen and oxygen atoms in total. The van der Waals surface area contributed by atoms with Gasteiger partial charge < -0.3 is 39.4 Å². The van der Waals surface area contributed by atoms with E-state index in [2.05, 4.69) is 62.5 Å². The van der Waals surface area contributed by atoms with Crippen LogP contribution in [-0.4, -0.2) is 89.6 Å². The Bertz CT molecular complexity index is 1140. The van der Waals surface area contributed by atoms with Gasteiger partial charge in [-0.3, -0.25) is 4.79 Å². The van der Waals surface area contributed by atoms with Gasteiger partial charge in [-0.05, 0) is 77.0 Å². The second kappa shape index (κ2) is 47.2. The normalized spacial score (nSPS) is 19.8. The average molecular weight is 919 g/mol. The minimum absolute atomic E-state index is 0.117. The number of allylic oxidation sites excluding steroid dienone is 8. The maximum Gasteiger partial charge on any atom is 0.306 e. The van der Waals surface area contributed by atoms with Crippen LogP contribution in [-0.2, 0) is 23.7 Å². The van der Waals surface area contributed by atoms with Gasteiger partial charge in [0, 0.05) is 13.0 Å². The highest BCUT2D eigenvalue weighted by molar-refractivity contribution is 5.69. The van der Waals surface area contributed by atoms with Crippen molar-refractivity contribution in [2.24, 2.45) is 0 Å². The lowest BCUT2D eigenvalue weighted by molar-refractivity contribution is -0.305. The van der Waals surface area contributed by atoms with Crippen LogP contribution in [0.5, 0.6) is 0 Å². The molecular weight excluding hydrogens is 817 g/mol. The summed E-state index contributed by atoms with van der Waals surface area (Å²) in [6, 6.07) is 0. The van der Waals surface area contributed by atoms with E-state index >= 15 is 0 Å². The molecule has 380 valence electrons. The van der Waals surface area contributed by atoms with Gasteiger partial charge in [0.2, 0.25) is 0 Å². The number of aliphatic hydroxyl groups is 4. The Hall–Kier alpha value is -1.85. The van der Waals surface area contributed by atoms with E-state index in [1.54, 1.807) is 0 Å². The predicted molar refractivity (Wildman–Crippen MR) is 270 cm³/mol. The Morgan fingerprint density at radius 1 is 0.492 bits per heavy atom. The highest BCUT2D eigenvalue weighted by Gasteiger charge is 2.44. The van der Waals surface area contributed by atoms with Crippen molar-refractivity contribution in [3.05, 3.63) is 48.6 Å². The number of rotatable bonds is 47. The zero-order chi connectivity index (χ0) is 47.1. The smallest absolute Gasteiger partial charge is 0.306 e. The first kappa shape index (κ1) is 61.2. The first-order valence-electron chi connectivity index (χ1n) is 27.2. The molecular formula is C56H102O9. The second-order valence-electron chi connectivity index (χ2n) is 18.7. The summed E-state index contributed by atoms with van der Waals surface area (Å²) >= 11 is 0. The molecule has 9 heteroatoms. The van der Waals surface area contributed by atoms with Crippen LogP contribution in [0, 0.1) is 0 Å². The fourth-order valence-electron chi connectivity index (χ4n) is 8.20. The molecule has 4 N–H and O–H groups in total. The van der Waals surface area contributed by atoms with Crippen LogP contribution in [0.15, 0.2) is 48.6 Å². The predicted octanol–water partition coefficient (Wildman–Crippen LogP) is 13.6. The number of esters is 1. The molecule has 0 aliphatic carbocycles. The van der Waals surface area contributed by atoms with E-state index in [0.717, 1.165) is 51.4 Å². The molecule has 1 heterocycles. The Kier molecular flexibility index (Phi) is 44.4. The molecule has 0 radical (unpaired) electrons. The summed E-state index contributed by atoms with van der Waals surface area (Å²) in [4.78, 5) is 12.8. The van der Waals surface area contributed by atoms with Crippen molar-refractivity contribution in [3.8, 4) is 0 Å². The molecule has 0 spiro atoms. The molecule has 1 fully saturated rings. The lowest BCUT2D eigenvalue weighted by Gasteiger charge is -2.39. The van der Waals surface area contributed by atoms with Crippen molar-refractivity contribution in [2.75, 3.05) is 26.4 Å². The Morgan fingerprint density at radius 2 is 0.892 bits per heavy atom. The third kappa shape index (κ3) is 37.8. The van der Waals surface area contributed by atoms with E-state index in [1.165, 1.54) is 167 Å². The lowest BCUT2D eigenvalue weighted by Crippen LogP contribution is -2.59. The van der Waals surface area contributed by atoms with Gasteiger partial charge in [0.1, 0.15) is 30.5 Å². The molecule has 0 amide bonds. The topological polar surface area (TPSA) is 135 Å². The zero-order valence-electron chi connectivity index (χ0n) is 42.0. The number of carbonyl (C=O) groups excluding carboxylic acids is 1. The van der Waals surface area contributed by atoms with Gasteiger partial charge in [-0.2, -0.15) is 0 Å². The second-order valence-corrected chi connectivity index (χ2v) is 18.7. The lowest BCUT2D eigenvalue weighted by atomic mass is 9.99. The molecule has 65 heavy (non-hydrogen) atoms. The summed E-state index contributed by atoms with van der Waals surface area (Å²) in [5, 5.41) is 40.3. The van der Waals surface area contributed by atoms with Crippen LogP contribution in [0.4, 0.5) is 0 Å². The Labute approximate surface area is 399 Å². The largest absolute Gasteiger partial charge is 0.457 e. The molecule has 6 atom stereocenters. The van der Waals surface area contributed by atoms with Gasteiger partial charge in [-0.15, -0.1) is 0 Å². The molecule has 1 saturated heterocycles. The van der Waals surface area contributed by atoms with Crippen LogP contribution in [0.1, 0.15) is 239 Å². The van der Waals surface area contributed by atoms with Crippen molar-refractivity contribution in [2.45, 2.75) is 275 Å². The summed E-state index contributed by atoms with van der Waals surface area (Å²) in [6.07, 6.45) is 52.9. The van der Waals surface area contributed by atoms with Gasteiger partial charge in [-0.25, -0.2) is 0 Å². The highest BCUT2D eigenvalue weighted by atomic mass is 16.7. The van der Waals surface area contributed by atoms with Gasteiger partial charge in [0.25, 0.3) is 0 Å². The van der Waals surface area contributed by atoms with Gasteiger partial charge in [-0.1, -0.05) is 204 Å². The minimum Gasteiger partial charge on any atom is -0.457 e. The molecule has 1 rings (SSSR count). The van der Waals surface area contributed by atoms with E-state index in [0.29, 0.717) is 13.0 Å². The van der Waals surface area contributed by atoms with Crippen LogP contribution in [0.25, 0.3) is 0 Å². The quantitative estimate of drug-likeness (QED) is 0.0267. The third-order valence-electron chi connectivity index (χ3n) is 12.5. The zero-order valence-corrected chi connectivity index (χ0v) is 42.0. The Morgan fingerprint density at radius 3 is 1.34 bits per heavy atom. The maximum absolute atomic E-state index is 12.8. The summed E-state index contributed by atoms with van der Waals surface area (Å²) in [5.74, 6) is -0.320. The summed E-state index contributed by atoms with van der Waals surface area (Å²) in [6.45, 7) is 4.55. The molecule has 0 bridgehead atoms. The molecule has 1 aliphatic rings. The minimum atomic E-state index is -1.54. The molecule has 1 aliphatic heterocycles. The van der Waals surface area contributed by atoms with Gasteiger partial charge in [0.15, 0.2) is 6.29 Å². The van der Waals surface area contributed by atoms with Crippen LogP contribution in [0.2, 0.25) is 0 Å². The molecule has 0 saturated carbocycles. The van der Waals surface area contributed by atoms with E-state index in [4.69, 9.17) is 18.9 Å². The maximum atomic E-state index is 12.8. The van der Waals surface area contributed by atoms with Crippen LogP contribution in [0.3, 0.4) is 0 Å². The first-order chi connectivity index (χ1) is 31.9. The first-order valence-corrected chi connectivity index (χ1v) is 27.2. The number of hydrogen-bond donors (Lipinski definition) is 4. The highest BCUT2D eigenvalue weighted by Crippen LogP contribution is 2.23. The van der Waals surface area contributed by atoms with Gasteiger partial charge in [0.05, 0.1) is 19.8 Å². The fourth-order valence-corrected chi connectivity index (χ4v) is 8.20. The standard InChI is InChI=1S/C56H102O9/c1-3-5-7-9-11-13-15-17-19-21-23-24-25-26-27-28-30-32-34-36-38-40-42-44-46-62-48-50(49-63-56-55(61)54(60)53(59)51(47-57)65-56)64-52(58)45-43-41-39-37-35-33-31-29-22-20-18-16-14-12-10-8-6-4-2/h14-17,20-23,50-51,53-57,59-61H,3-13,18-19,24-49H2,1-2H3/b16-14-,17-15-,22-20-,23-21-. The van der Waals surface area contributed by atoms with Crippen LogP contribution < -0.4 is 0 Å². The molecule has 0 aromatic heterocycles. The summed E-state index contributed by atoms with van der Waals surface area (Å²) in [5.41, 5.74) is 0. The number of carbonyl (C=O) groups is 1. The summed E-state index contributed by atoms with van der Waals surface area (Å²) < 4.78 is 22.9. The van der Waals surface area contributed by atoms with E-state index in [9.17, 15) is 25.2 Å². The number of unbranched alkanes of at least 4 members (excludes halogenated alkanes) is 28. The number of aliphatic hydroxyl groups excluding tert-OH is 4. The van der Waals surface area contributed by atoms with E-state index in [1.807, 2.05) is 0 Å². The molecule has 0 aromatic rings. The summed E-state index contributed by atoms with van der Waals surface area (Å²) in [7, 11) is 0. The fraction of sp³-hybridized carbons (Fsp3) is 0.839. The van der Waals surface area contributed by atoms with E-state index in [-0.39, 0.29) is 19.2 Å². The van der Waals surface area contributed by atoms with Crippen molar-refractivity contribution < 1.29 is 44.2 Å². The third-order valence-corrected chi connectivity index (χ3v) is 12.5. The number of ether oxygens (including phenoxy) is 4. The van der Waals surface area contributed by atoms with Gasteiger partial charge >= 0.3 is 5.97 Å². The average Bonchev–Trinajstić information content (AvgIpc) is 3.31. The van der Waals surface area contributed by atoms with E-state index < -0.39 is 43.4 Å². The van der Waals surface area contributed by atoms with Crippen LogP contribution >= 0.6 is 0 Å². The monoisotopic (exact) mass is 919 g/mol. The SMILES string of the molecule is CCCCCC/C=C\C/C=C\CCCCCCCCCC(=O)OC(COCCCCCCCCCCCCCC/C=C\C/C=C\CCCCCCC)COC1OC(CO)C(O)C(O)C1O. The van der Waals surface area contributed by atoms with Crippen molar-refractivity contribution in [3.63, 3.8) is 0 Å². The molecule has 6 unspecified atom stereocenters. The van der Waals surface area contributed by atoms with Crippen molar-refractivity contribution in [1.29, 1.82) is 0 Å². The molecule has 0 aromatic carbocycles.